The summed E-state index contributed by atoms with van der Waals surface area (Å²) in [4.78, 5) is 0. The van der Waals surface area contributed by atoms with E-state index in [1.54, 1.807) is 12.3 Å². The first-order valence-corrected chi connectivity index (χ1v) is 6.00. The van der Waals surface area contributed by atoms with Crippen LogP contribution in [-0.4, -0.2) is 16.3 Å². The van der Waals surface area contributed by atoms with Crippen LogP contribution in [0.2, 0.25) is 0 Å². The van der Waals surface area contributed by atoms with Crippen molar-refractivity contribution in [3.05, 3.63) is 46.7 Å². The summed E-state index contributed by atoms with van der Waals surface area (Å²) in [7, 11) is 0. The maximum absolute atomic E-state index is 8.80. The SMILES string of the molecule is N#Cc1ccc(NCCn2cccn2)cc1Br. The highest BCUT2D eigenvalue weighted by molar-refractivity contribution is 9.10. The lowest BCUT2D eigenvalue weighted by atomic mass is 10.2. The number of aromatic nitrogens is 2. The van der Waals surface area contributed by atoms with Gasteiger partial charge in [-0.25, -0.2) is 0 Å². The summed E-state index contributed by atoms with van der Waals surface area (Å²) in [6, 6.07) is 9.60. The average Bonchev–Trinajstić information content (AvgIpc) is 2.82. The van der Waals surface area contributed by atoms with E-state index in [2.05, 4.69) is 32.4 Å². The summed E-state index contributed by atoms with van der Waals surface area (Å²) in [6.07, 6.45) is 3.69. The number of halogens is 1. The predicted molar refractivity (Wildman–Crippen MR) is 69.6 cm³/mol. The van der Waals surface area contributed by atoms with Crippen LogP contribution in [0.1, 0.15) is 5.56 Å². The van der Waals surface area contributed by atoms with Crippen LogP contribution < -0.4 is 5.32 Å². The Kier molecular flexibility index (Phi) is 3.78. The summed E-state index contributed by atoms with van der Waals surface area (Å²) in [5.74, 6) is 0. The van der Waals surface area contributed by atoms with Gasteiger partial charge < -0.3 is 5.32 Å². The fraction of sp³-hybridized carbons (Fsp3) is 0.167. The molecule has 5 heteroatoms. The maximum Gasteiger partial charge on any atom is 0.100 e. The van der Waals surface area contributed by atoms with Crippen molar-refractivity contribution < 1.29 is 0 Å². The summed E-state index contributed by atoms with van der Waals surface area (Å²) >= 11 is 3.36. The third-order valence-corrected chi connectivity index (χ3v) is 2.97. The number of hydrogen-bond acceptors (Lipinski definition) is 3. The third kappa shape index (κ3) is 3.08. The minimum atomic E-state index is 0.641. The van der Waals surface area contributed by atoms with Crippen molar-refractivity contribution >= 4 is 21.6 Å². The molecule has 4 nitrogen and oxygen atoms in total. The normalized spacial score (nSPS) is 9.88. The lowest BCUT2D eigenvalue weighted by Crippen LogP contribution is -2.10. The van der Waals surface area contributed by atoms with Crippen molar-refractivity contribution in [2.24, 2.45) is 0 Å². The number of hydrogen-bond donors (Lipinski definition) is 1. The molecule has 0 fully saturated rings. The quantitative estimate of drug-likeness (QED) is 0.942. The third-order valence-electron chi connectivity index (χ3n) is 2.32. The van der Waals surface area contributed by atoms with Crippen molar-refractivity contribution in [1.29, 1.82) is 5.26 Å². The number of nitrogens with one attached hydrogen (secondary N) is 1. The molecule has 0 saturated carbocycles. The molecule has 0 atom stereocenters. The first-order valence-electron chi connectivity index (χ1n) is 5.20. The maximum atomic E-state index is 8.80. The minimum absolute atomic E-state index is 0.641. The van der Waals surface area contributed by atoms with Crippen LogP contribution in [-0.2, 0) is 6.54 Å². The van der Waals surface area contributed by atoms with E-state index in [4.69, 9.17) is 5.26 Å². The van der Waals surface area contributed by atoms with Crippen molar-refractivity contribution in [3.63, 3.8) is 0 Å². The number of rotatable bonds is 4. The lowest BCUT2D eigenvalue weighted by molar-refractivity contribution is 0.638. The Balaban J connectivity index is 1.91. The molecule has 0 bridgehead atoms. The fourth-order valence-electron chi connectivity index (χ4n) is 1.46. The Hall–Kier alpha value is -1.80. The van der Waals surface area contributed by atoms with E-state index in [-0.39, 0.29) is 0 Å². The second-order valence-corrected chi connectivity index (χ2v) is 4.36. The monoisotopic (exact) mass is 290 g/mol. The van der Waals surface area contributed by atoms with Crippen molar-refractivity contribution in [2.45, 2.75) is 6.54 Å². The lowest BCUT2D eigenvalue weighted by Gasteiger charge is -2.07. The molecule has 1 aromatic heterocycles. The standard InChI is InChI=1S/C12H11BrN4/c13-12-8-11(3-2-10(12)9-14)15-5-7-17-6-1-4-16-17/h1-4,6,8,15H,5,7H2. The van der Waals surface area contributed by atoms with Gasteiger partial charge in [-0.15, -0.1) is 0 Å². The van der Waals surface area contributed by atoms with E-state index in [1.807, 2.05) is 29.1 Å². The molecule has 2 aromatic rings. The summed E-state index contributed by atoms with van der Waals surface area (Å²) in [6.45, 7) is 1.60. The molecule has 86 valence electrons. The molecule has 0 amide bonds. The van der Waals surface area contributed by atoms with Gasteiger partial charge in [0, 0.05) is 29.1 Å². The van der Waals surface area contributed by atoms with E-state index in [0.717, 1.165) is 23.2 Å². The average molecular weight is 291 g/mol. The Bertz CT molecular complexity index is 528. The molecule has 1 N–H and O–H groups in total. The van der Waals surface area contributed by atoms with Crippen LogP contribution in [0.5, 0.6) is 0 Å². The van der Waals surface area contributed by atoms with Crippen molar-refractivity contribution in [1.82, 2.24) is 9.78 Å². The van der Waals surface area contributed by atoms with E-state index in [1.165, 1.54) is 0 Å². The van der Waals surface area contributed by atoms with E-state index in [9.17, 15) is 0 Å². The highest BCUT2D eigenvalue weighted by atomic mass is 79.9. The number of anilines is 1. The molecule has 0 spiro atoms. The second-order valence-electron chi connectivity index (χ2n) is 3.50. The Morgan fingerprint density at radius 2 is 2.35 bits per heavy atom. The molecular weight excluding hydrogens is 280 g/mol. The Morgan fingerprint density at radius 1 is 1.47 bits per heavy atom. The van der Waals surface area contributed by atoms with Gasteiger partial charge in [-0.3, -0.25) is 4.68 Å². The van der Waals surface area contributed by atoms with Gasteiger partial charge in [-0.2, -0.15) is 10.4 Å². The number of nitriles is 1. The largest absolute Gasteiger partial charge is 0.383 e. The highest BCUT2D eigenvalue weighted by Gasteiger charge is 2.00. The summed E-state index contributed by atoms with van der Waals surface area (Å²) in [5, 5.41) is 16.2. The van der Waals surface area contributed by atoms with Gasteiger partial charge in [-0.05, 0) is 40.2 Å². The van der Waals surface area contributed by atoms with E-state index >= 15 is 0 Å². The van der Waals surface area contributed by atoms with E-state index in [0.29, 0.717) is 5.56 Å². The van der Waals surface area contributed by atoms with Gasteiger partial charge >= 0.3 is 0 Å². The number of nitrogens with zero attached hydrogens (tertiary/aromatic N) is 3. The Morgan fingerprint density at radius 3 is 3.00 bits per heavy atom. The molecule has 0 aliphatic rings. The topological polar surface area (TPSA) is 53.6 Å². The first-order chi connectivity index (χ1) is 8.29. The molecule has 1 heterocycles. The molecule has 0 aliphatic carbocycles. The van der Waals surface area contributed by atoms with Crippen LogP contribution in [0.4, 0.5) is 5.69 Å². The second kappa shape index (κ2) is 5.51. The van der Waals surface area contributed by atoms with Gasteiger partial charge in [-0.1, -0.05) is 0 Å². The molecule has 2 rings (SSSR count). The van der Waals surface area contributed by atoms with Crippen LogP contribution in [0, 0.1) is 11.3 Å². The number of benzene rings is 1. The molecule has 0 saturated heterocycles. The molecule has 0 aliphatic heterocycles. The molecule has 1 aromatic carbocycles. The molecule has 0 radical (unpaired) electrons. The zero-order valence-electron chi connectivity index (χ0n) is 9.10. The zero-order valence-corrected chi connectivity index (χ0v) is 10.7. The fourth-order valence-corrected chi connectivity index (χ4v) is 1.93. The van der Waals surface area contributed by atoms with Gasteiger partial charge in [0.15, 0.2) is 0 Å². The zero-order chi connectivity index (χ0) is 12.1. The van der Waals surface area contributed by atoms with E-state index < -0.39 is 0 Å². The molecule has 0 unspecified atom stereocenters. The van der Waals surface area contributed by atoms with Gasteiger partial charge in [0.1, 0.15) is 6.07 Å². The molecular formula is C12H11BrN4. The predicted octanol–water partition coefficient (Wildman–Crippen LogP) is 2.63. The summed E-state index contributed by atoms with van der Waals surface area (Å²) in [5.41, 5.74) is 1.63. The van der Waals surface area contributed by atoms with Crippen molar-refractivity contribution in [2.75, 3.05) is 11.9 Å². The minimum Gasteiger partial charge on any atom is -0.383 e. The van der Waals surface area contributed by atoms with Gasteiger partial charge in [0.2, 0.25) is 0 Å². The summed E-state index contributed by atoms with van der Waals surface area (Å²) < 4.78 is 2.68. The van der Waals surface area contributed by atoms with Gasteiger partial charge in [0.05, 0.1) is 12.1 Å². The van der Waals surface area contributed by atoms with Crippen LogP contribution in [0.15, 0.2) is 41.1 Å². The van der Waals surface area contributed by atoms with Crippen LogP contribution in [0.3, 0.4) is 0 Å². The highest BCUT2D eigenvalue weighted by Crippen LogP contribution is 2.20. The first kappa shape index (κ1) is 11.7. The van der Waals surface area contributed by atoms with Crippen LogP contribution >= 0.6 is 15.9 Å². The Labute approximate surface area is 108 Å². The van der Waals surface area contributed by atoms with Gasteiger partial charge in [0.25, 0.3) is 0 Å². The van der Waals surface area contributed by atoms with Crippen molar-refractivity contribution in [3.8, 4) is 6.07 Å². The van der Waals surface area contributed by atoms with Crippen LogP contribution in [0.25, 0.3) is 0 Å². The smallest absolute Gasteiger partial charge is 0.100 e. The molecule has 17 heavy (non-hydrogen) atoms.